The SMILES string of the molecule is O=C(CCC(=O)c1ccc2c(c1)CCC2)Nc1cccc(NC(=O)Nc2ccccc2)c1. The Morgan fingerprint density at radius 3 is 2.16 bits per heavy atom. The van der Waals surface area contributed by atoms with E-state index < -0.39 is 0 Å². The second-order valence-corrected chi connectivity index (χ2v) is 7.83. The van der Waals surface area contributed by atoms with E-state index in [2.05, 4.69) is 16.0 Å². The van der Waals surface area contributed by atoms with Crippen molar-refractivity contribution < 1.29 is 14.4 Å². The highest BCUT2D eigenvalue weighted by atomic mass is 16.2. The lowest BCUT2D eigenvalue weighted by Crippen LogP contribution is -2.19. The van der Waals surface area contributed by atoms with E-state index in [1.165, 1.54) is 11.1 Å². The Bertz CT molecular complexity index is 1140. The first-order valence-corrected chi connectivity index (χ1v) is 10.7. The number of urea groups is 1. The molecular formula is C26H25N3O3. The molecule has 0 bridgehead atoms. The van der Waals surface area contributed by atoms with E-state index in [1.54, 1.807) is 36.4 Å². The topological polar surface area (TPSA) is 87.3 Å². The van der Waals surface area contributed by atoms with Gasteiger partial charge in [-0.15, -0.1) is 0 Å². The average Bonchev–Trinajstić information content (AvgIpc) is 3.26. The van der Waals surface area contributed by atoms with Crippen molar-refractivity contribution in [3.8, 4) is 0 Å². The van der Waals surface area contributed by atoms with Crippen LogP contribution in [0.4, 0.5) is 21.9 Å². The van der Waals surface area contributed by atoms with Crippen LogP contribution in [0.2, 0.25) is 0 Å². The van der Waals surface area contributed by atoms with E-state index in [0.29, 0.717) is 22.6 Å². The molecule has 3 amide bonds. The Morgan fingerprint density at radius 1 is 0.656 bits per heavy atom. The van der Waals surface area contributed by atoms with Crippen LogP contribution in [0.15, 0.2) is 72.8 Å². The zero-order valence-electron chi connectivity index (χ0n) is 17.7. The van der Waals surface area contributed by atoms with E-state index in [-0.39, 0.29) is 30.6 Å². The molecule has 32 heavy (non-hydrogen) atoms. The molecule has 162 valence electrons. The van der Waals surface area contributed by atoms with Gasteiger partial charge >= 0.3 is 6.03 Å². The molecule has 1 aliphatic carbocycles. The van der Waals surface area contributed by atoms with Crippen LogP contribution in [-0.4, -0.2) is 17.7 Å². The highest BCUT2D eigenvalue weighted by molar-refractivity contribution is 6.01. The predicted octanol–water partition coefficient (Wildman–Crippen LogP) is 5.42. The van der Waals surface area contributed by atoms with Crippen LogP contribution < -0.4 is 16.0 Å². The van der Waals surface area contributed by atoms with Crippen molar-refractivity contribution in [2.75, 3.05) is 16.0 Å². The summed E-state index contributed by atoms with van der Waals surface area (Å²) in [5.74, 6) is -0.270. The summed E-state index contributed by atoms with van der Waals surface area (Å²) in [6.07, 6.45) is 3.49. The largest absolute Gasteiger partial charge is 0.326 e. The van der Waals surface area contributed by atoms with E-state index in [9.17, 15) is 14.4 Å². The lowest BCUT2D eigenvalue weighted by Gasteiger charge is -2.10. The van der Waals surface area contributed by atoms with Gasteiger partial charge in [0.2, 0.25) is 5.91 Å². The van der Waals surface area contributed by atoms with E-state index in [0.717, 1.165) is 19.3 Å². The molecule has 0 radical (unpaired) electrons. The van der Waals surface area contributed by atoms with Crippen LogP contribution in [0.3, 0.4) is 0 Å². The fourth-order valence-corrected chi connectivity index (χ4v) is 3.83. The van der Waals surface area contributed by atoms with Gasteiger partial charge in [-0.1, -0.05) is 36.4 Å². The van der Waals surface area contributed by atoms with Crippen LogP contribution in [0.5, 0.6) is 0 Å². The average molecular weight is 428 g/mol. The van der Waals surface area contributed by atoms with Crippen molar-refractivity contribution >= 4 is 34.8 Å². The highest BCUT2D eigenvalue weighted by Gasteiger charge is 2.15. The Labute approximate surface area is 187 Å². The van der Waals surface area contributed by atoms with Gasteiger partial charge < -0.3 is 16.0 Å². The molecule has 0 aliphatic heterocycles. The number of anilines is 3. The number of carbonyl (C=O) groups is 3. The first-order chi connectivity index (χ1) is 15.6. The first kappa shape index (κ1) is 21.3. The summed E-state index contributed by atoms with van der Waals surface area (Å²) in [6, 6.07) is 21.5. The summed E-state index contributed by atoms with van der Waals surface area (Å²) < 4.78 is 0. The van der Waals surface area contributed by atoms with Crippen molar-refractivity contribution in [2.45, 2.75) is 32.1 Å². The van der Waals surface area contributed by atoms with Crippen molar-refractivity contribution in [1.82, 2.24) is 0 Å². The van der Waals surface area contributed by atoms with Gasteiger partial charge in [0.15, 0.2) is 5.78 Å². The number of hydrogen-bond donors (Lipinski definition) is 3. The maximum atomic E-state index is 12.5. The van der Waals surface area contributed by atoms with Crippen LogP contribution in [0, 0.1) is 0 Å². The Balaban J connectivity index is 1.28. The minimum Gasteiger partial charge on any atom is -0.326 e. The lowest BCUT2D eigenvalue weighted by molar-refractivity contribution is -0.116. The number of amides is 3. The number of nitrogens with one attached hydrogen (secondary N) is 3. The molecule has 6 nitrogen and oxygen atoms in total. The van der Waals surface area contributed by atoms with Gasteiger partial charge in [0.25, 0.3) is 0 Å². The van der Waals surface area contributed by atoms with Crippen molar-refractivity contribution in [3.63, 3.8) is 0 Å². The smallest absolute Gasteiger partial charge is 0.323 e. The maximum Gasteiger partial charge on any atom is 0.323 e. The first-order valence-electron chi connectivity index (χ1n) is 10.7. The Hall–Kier alpha value is -3.93. The summed E-state index contributed by atoms with van der Waals surface area (Å²) in [5.41, 5.74) is 5.03. The third-order valence-corrected chi connectivity index (χ3v) is 5.44. The van der Waals surface area contributed by atoms with E-state index in [4.69, 9.17) is 0 Å². The van der Waals surface area contributed by atoms with Crippen LogP contribution in [-0.2, 0) is 17.6 Å². The Kier molecular flexibility index (Phi) is 6.60. The van der Waals surface area contributed by atoms with E-state index in [1.807, 2.05) is 36.4 Å². The molecule has 0 fully saturated rings. The van der Waals surface area contributed by atoms with Crippen LogP contribution >= 0.6 is 0 Å². The van der Waals surface area contributed by atoms with Crippen LogP contribution in [0.25, 0.3) is 0 Å². The highest BCUT2D eigenvalue weighted by Crippen LogP contribution is 2.23. The molecule has 1 aliphatic rings. The normalized spacial score (nSPS) is 12.0. The second kappa shape index (κ2) is 9.92. The molecule has 0 aromatic heterocycles. The summed E-state index contributed by atoms with van der Waals surface area (Å²) in [6.45, 7) is 0. The number of para-hydroxylation sites is 1. The quantitative estimate of drug-likeness (QED) is 0.440. The fourth-order valence-electron chi connectivity index (χ4n) is 3.83. The molecule has 0 spiro atoms. The molecule has 3 aromatic rings. The maximum absolute atomic E-state index is 12.5. The predicted molar refractivity (Wildman–Crippen MR) is 126 cm³/mol. The van der Waals surface area contributed by atoms with Crippen molar-refractivity contribution in [3.05, 3.63) is 89.5 Å². The summed E-state index contributed by atoms with van der Waals surface area (Å²) >= 11 is 0. The number of ketones is 1. The number of fused-ring (bicyclic) bond motifs is 1. The molecule has 0 saturated heterocycles. The zero-order valence-corrected chi connectivity index (χ0v) is 17.7. The third kappa shape index (κ3) is 5.60. The summed E-state index contributed by atoms with van der Waals surface area (Å²) in [4.78, 5) is 37.0. The summed E-state index contributed by atoms with van der Waals surface area (Å²) in [5, 5.41) is 8.27. The molecule has 0 saturated carbocycles. The van der Waals surface area contributed by atoms with Gasteiger partial charge in [-0.2, -0.15) is 0 Å². The second-order valence-electron chi connectivity index (χ2n) is 7.83. The van der Waals surface area contributed by atoms with Crippen molar-refractivity contribution in [2.24, 2.45) is 0 Å². The van der Waals surface area contributed by atoms with Crippen molar-refractivity contribution in [1.29, 1.82) is 0 Å². The number of carbonyl (C=O) groups excluding carboxylic acids is 3. The number of aryl methyl sites for hydroxylation is 2. The van der Waals surface area contributed by atoms with Gasteiger partial charge in [-0.05, 0) is 66.8 Å². The lowest BCUT2D eigenvalue weighted by atomic mass is 10.0. The number of benzene rings is 3. The molecule has 0 atom stereocenters. The molecule has 3 aromatic carbocycles. The third-order valence-electron chi connectivity index (χ3n) is 5.44. The Morgan fingerprint density at radius 2 is 1.34 bits per heavy atom. The zero-order chi connectivity index (χ0) is 22.3. The molecule has 0 unspecified atom stereocenters. The number of rotatable bonds is 7. The molecule has 6 heteroatoms. The minimum atomic E-state index is -0.375. The number of hydrogen-bond acceptors (Lipinski definition) is 3. The van der Waals surface area contributed by atoms with Gasteiger partial charge in [0, 0.05) is 35.5 Å². The van der Waals surface area contributed by atoms with Crippen LogP contribution in [0.1, 0.15) is 40.7 Å². The number of Topliss-reactive ketones (excluding diaryl/α,β-unsaturated/α-hetero) is 1. The molecule has 0 heterocycles. The molecule has 4 rings (SSSR count). The van der Waals surface area contributed by atoms with E-state index >= 15 is 0 Å². The molecule has 3 N–H and O–H groups in total. The van der Waals surface area contributed by atoms with Gasteiger partial charge in [-0.3, -0.25) is 9.59 Å². The summed E-state index contributed by atoms with van der Waals surface area (Å²) in [7, 11) is 0. The minimum absolute atomic E-state index is 0.0251. The standard InChI is InChI=1S/C26H25N3O3/c30-24(20-13-12-18-6-4-7-19(18)16-20)14-15-25(31)27-22-10-5-11-23(17-22)29-26(32)28-21-8-2-1-3-9-21/h1-3,5,8-13,16-17H,4,6-7,14-15H2,(H,27,31)(H2,28,29,32). The van der Waals surface area contributed by atoms with Gasteiger partial charge in [-0.25, -0.2) is 4.79 Å². The van der Waals surface area contributed by atoms with Gasteiger partial charge in [0.1, 0.15) is 0 Å². The monoisotopic (exact) mass is 427 g/mol. The fraction of sp³-hybridized carbons (Fsp3) is 0.192. The molecular weight excluding hydrogens is 402 g/mol. The van der Waals surface area contributed by atoms with Gasteiger partial charge in [0.05, 0.1) is 0 Å².